The minimum absolute atomic E-state index is 0.131. The van der Waals surface area contributed by atoms with E-state index in [9.17, 15) is 4.79 Å². The van der Waals surface area contributed by atoms with Crippen molar-refractivity contribution in [2.24, 2.45) is 0 Å². The smallest absolute Gasteiger partial charge is 0.220 e. The number of hydrogen-bond donors (Lipinski definition) is 1. The van der Waals surface area contributed by atoms with Crippen molar-refractivity contribution in [2.45, 2.75) is 25.4 Å². The molecule has 4 rings (SSSR count). The Balaban J connectivity index is 1.60. The van der Waals surface area contributed by atoms with Crippen molar-refractivity contribution < 1.29 is 14.3 Å². The molecule has 1 amide bonds. The standard InChI is InChI=1S/C16H17N3O3/c20-15-4-2-12(18-15)10-19-6-5-17-16(19)11-1-3-13-14(9-11)22-8-7-21-13/h1,3,5-6,9,12H,2,4,7-8,10H2,(H,18,20). The van der Waals surface area contributed by atoms with E-state index in [-0.39, 0.29) is 11.9 Å². The largest absolute Gasteiger partial charge is 0.486 e. The second kappa shape index (κ2) is 5.36. The van der Waals surface area contributed by atoms with Crippen LogP contribution in [0.5, 0.6) is 11.5 Å². The summed E-state index contributed by atoms with van der Waals surface area (Å²) in [5, 5.41) is 2.99. The van der Waals surface area contributed by atoms with Crippen LogP contribution in [-0.4, -0.2) is 34.7 Å². The van der Waals surface area contributed by atoms with Crippen LogP contribution >= 0.6 is 0 Å². The molecular formula is C16H17N3O3. The number of carbonyl (C=O) groups excluding carboxylic acids is 1. The van der Waals surface area contributed by atoms with Gasteiger partial charge in [0.25, 0.3) is 0 Å². The molecule has 0 spiro atoms. The molecule has 0 bridgehead atoms. The number of fused-ring (bicyclic) bond motifs is 1. The third kappa shape index (κ3) is 2.41. The first-order valence-corrected chi connectivity index (χ1v) is 7.50. The lowest BCUT2D eigenvalue weighted by molar-refractivity contribution is -0.119. The van der Waals surface area contributed by atoms with Crippen molar-refractivity contribution in [2.75, 3.05) is 13.2 Å². The van der Waals surface area contributed by atoms with Crippen molar-refractivity contribution in [1.82, 2.24) is 14.9 Å². The van der Waals surface area contributed by atoms with Gasteiger partial charge in [0.2, 0.25) is 5.91 Å². The highest BCUT2D eigenvalue weighted by Gasteiger charge is 2.22. The van der Waals surface area contributed by atoms with Gasteiger partial charge in [-0.2, -0.15) is 0 Å². The van der Waals surface area contributed by atoms with Gasteiger partial charge in [-0.1, -0.05) is 0 Å². The Morgan fingerprint density at radius 1 is 1.27 bits per heavy atom. The maximum Gasteiger partial charge on any atom is 0.220 e. The van der Waals surface area contributed by atoms with Crippen LogP contribution in [0.1, 0.15) is 12.8 Å². The summed E-state index contributed by atoms with van der Waals surface area (Å²) in [6, 6.07) is 6.04. The molecule has 1 atom stereocenters. The Kier molecular flexibility index (Phi) is 3.21. The average molecular weight is 299 g/mol. The summed E-state index contributed by atoms with van der Waals surface area (Å²) in [5.41, 5.74) is 0.985. The summed E-state index contributed by atoms with van der Waals surface area (Å²) in [4.78, 5) is 15.8. The van der Waals surface area contributed by atoms with E-state index >= 15 is 0 Å². The number of rotatable bonds is 3. The number of imidazole rings is 1. The monoisotopic (exact) mass is 299 g/mol. The van der Waals surface area contributed by atoms with Gasteiger partial charge >= 0.3 is 0 Å². The van der Waals surface area contributed by atoms with Gasteiger partial charge in [-0.05, 0) is 24.6 Å². The number of amides is 1. The molecule has 2 aliphatic rings. The molecule has 1 unspecified atom stereocenters. The lowest BCUT2D eigenvalue weighted by Gasteiger charge is -2.19. The fraction of sp³-hybridized carbons (Fsp3) is 0.375. The molecule has 2 aliphatic heterocycles. The minimum atomic E-state index is 0.131. The normalized spacial score (nSPS) is 20.0. The first kappa shape index (κ1) is 13.2. The highest BCUT2D eigenvalue weighted by atomic mass is 16.6. The molecule has 1 aromatic carbocycles. The van der Waals surface area contributed by atoms with Crippen molar-refractivity contribution >= 4 is 5.91 Å². The number of benzene rings is 1. The fourth-order valence-corrected chi connectivity index (χ4v) is 2.95. The molecule has 0 aliphatic carbocycles. The molecule has 1 fully saturated rings. The SMILES string of the molecule is O=C1CCC(Cn2ccnc2-c2ccc3c(c2)OCCO3)N1. The Labute approximate surface area is 128 Å². The molecule has 1 N–H and O–H groups in total. The Bertz CT molecular complexity index is 710. The molecule has 3 heterocycles. The predicted octanol–water partition coefficient (Wildman–Crippen LogP) is 1.60. The lowest BCUT2D eigenvalue weighted by atomic mass is 10.1. The molecule has 22 heavy (non-hydrogen) atoms. The summed E-state index contributed by atoms with van der Waals surface area (Å²) in [6.45, 7) is 1.89. The number of aromatic nitrogens is 2. The van der Waals surface area contributed by atoms with Crippen LogP contribution in [0, 0.1) is 0 Å². The summed E-state index contributed by atoms with van der Waals surface area (Å²) >= 11 is 0. The van der Waals surface area contributed by atoms with Crippen molar-refractivity contribution in [3.05, 3.63) is 30.6 Å². The van der Waals surface area contributed by atoms with Gasteiger partial charge in [0.1, 0.15) is 19.0 Å². The molecule has 6 heteroatoms. The second-order valence-corrected chi connectivity index (χ2v) is 5.56. The Morgan fingerprint density at radius 2 is 2.14 bits per heavy atom. The summed E-state index contributed by atoms with van der Waals surface area (Å²) < 4.78 is 13.2. The lowest BCUT2D eigenvalue weighted by Crippen LogP contribution is -2.29. The number of hydrogen-bond acceptors (Lipinski definition) is 4. The highest BCUT2D eigenvalue weighted by Crippen LogP contribution is 2.34. The molecule has 0 radical (unpaired) electrons. The molecule has 114 valence electrons. The number of carbonyl (C=O) groups is 1. The number of nitrogens with one attached hydrogen (secondary N) is 1. The first-order chi connectivity index (χ1) is 10.8. The van der Waals surface area contributed by atoms with E-state index in [0.29, 0.717) is 19.6 Å². The molecule has 1 saturated heterocycles. The maximum absolute atomic E-state index is 11.3. The summed E-state index contributed by atoms with van der Waals surface area (Å²) in [6.07, 6.45) is 5.20. The zero-order valence-corrected chi connectivity index (χ0v) is 12.1. The van der Waals surface area contributed by atoms with Crippen molar-refractivity contribution in [3.63, 3.8) is 0 Å². The molecule has 2 aromatic rings. The topological polar surface area (TPSA) is 65.4 Å². The zero-order chi connectivity index (χ0) is 14.9. The van der Waals surface area contributed by atoms with E-state index in [1.165, 1.54) is 0 Å². The van der Waals surface area contributed by atoms with Crippen LogP contribution in [0.25, 0.3) is 11.4 Å². The predicted molar refractivity (Wildman–Crippen MR) is 79.8 cm³/mol. The Morgan fingerprint density at radius 3 is 2.95 bits per heavy atom. The minimum Gasteiger partial charge on any atom is -0.486 e. The van der Waals surface area contributed by atoms with E-state index in [2.05, 4.69) is 14.9 Å². The Hall–Kier alpha value is -2.50. The highest BCUT2D eigenvalue weighted by molar-refractivity contribution is 5.78. The van der Waals surface area contributed by atoms with Gasteiger partial charge in [0.15, 0.2) is 11.5 Å². The van der Waals surface area contributed by atoms with Crippen LogP contribution in [0.2, 0.25) is 0 Å². The zero-order valence-electron chi connectivity index (χ0n) is 12.1. The molecule has 0 saturated carbocycles. The first-order valence-electron chi connectivity index (χ1n) is 7.50. The van der Waals surface area contributed by atoms with Crippen LogP contribution in [0.3, 0.4) is 0 Å². The van der Waals surface area contributed by atoms with Crippen molar-refractivity contribution in [3.8, 4) is 22.9 Å². The third-order valence-electron chi connectivity index (χ3n) is 4.02. The molecular weight excluding hydrogens is 282 g/mol. The molecule has 1 aromatic heterocycles. The van der Waals surface area contributed by atoms with E-state index in [1.54, 1.807) is 6.20 Å². The van der Waals surface area contributed by atoms with E-state index < -0.39 is 0 Å². The van der Waals surface area contributed by atoms with E-state index in [4.69, 9.17) is 9.47 Å². The molecule has 6 nitrogen and oxygen atoms in total. The number of ether oxygens (including phenoxy) is 2. The van der Waals surface area contributed by atoms with Crippen molar-refractivity contribution in [1.29, 1.82) is 0 Å². The van der Waals surface area contributed by atoms with E-state index in [1.807, 2.05) is 24.4 Å². The van der Waals surface area contributed by atoms with Gasteiger partial charge in [-0.15, -0.1) is 0 Å². The fourth-order valence-electron chi connectivity index (χ4n) is 2.95. The second-order valence-electron chi connectivity index (χ2n) is 5.56. The van der Waals surface area contributed by atoms with Crippen LogP contribution < -0.4 is 14.8 Å². The van der Waals surface area contributed by atoms with Gasteiger partial charge in [0.05, 0.1) is 0 Å². The third-order valence-corrected chi connectivity index (χ3v) is 4.02. The van der Waals surface area contributed by atoms with Gasteiger partial charge in [-0.25, -0.2) is 4.98 Å². The van der Waals surface area contributed by atoms with Gasteiger partial charge < -0.3 is 19.4 Å². The summed E-state index contributed by atoms with van der Waals surface area (Å²) in [5.74, 6) is 2.53. The van der Waals surface area contributed by atoms with Crippen LogP contribution in [0.4, 0.5) is 0 Å². The van der Waals surface area contributed by atoms with Gasteiger partial charge in [0, 0.05) is 37.0 Å². The number of nitrogens with zero attached hydrogens (tertiary/aromatic N) is 2. The quantitative estimate of drug-likeness (QED) is 0.935. The average Bonchev–Trinajstić information content (AvgIpc) is 3.16. The van der Waals surface area contributed by atoms with Crippen LogP contribution in [0.15, 0.2) is 30.6 Å². The van der Waals surface area contributed by atoms with E-state index in [0.717, 1.165) is 35.9 Å². The maximum atomic E-state index is 11.3. The van der Waals surface area contributed by atoms with Crippen LogP contribution in [-0.2, 0) is 11.3 Å². The van der Waals surface area contributed by atoms with Gasteiger partial charge in [-0.3, -0.25) is 4.79 Å². The summed E-state index contributed by atoms with van der Waals surface area (Å²) in [7, 11) is 0.